The van der Waals surface area contributed by atoms with E-state index in [0.717, 1.165) is 11.1 Å². The van der Waals surface area contributed by atoms with E-state index in [2.05, 4.69) is 15.3 Å². The van der Waals surface area contributed by atoms with Gasteiger partial charge in [0.05, 0.1) is 11.5 Å². The summed E-state index contributed by atoms with van der Waals surface area (Å²) in [5, 5.41) is 3.15. The van der Waals surface area contributed by atoms with Crippen LogP contribution in [0.5, 0.6) is 0 Å². The molecule has 144 valence electrons. The Morgan fingerprint density at radius 1 is 1.30 bits per heavy atom. The van der Waals surface area contributed by atoms with Gasteiger partial charge >= 0.3 is 0 Å². The van der Waals surface area contributed by atoms with Crippen molar-refractivity contribution < 1.29 is 13.2 Å². The summed E-state index contributed by atoms with van der Waals surface area (Å²) in [5.41, 5.74) is 2.56. The number of sulfone groups is 1. The number of anilines is 1. The minimum absolute atomic E-state index is 0.0239. The van der Waals surface area contributed by atoms with Crippen molar-refractivity contribution in [1.29, 1.82) is 0 Å². The fourth-order valence-corrected chi connectivity index (χ4v) is 5.01. The third-order valence-corrected chi connectivity index (χ3v) is 6.57. The molecule has 7 nitrogen and oxygen atoms in total. The summed E-state index contributed by atoms with van der Waals surface area (Å²) in [4.78, 5) is 23.0. The summed E-state index contributed by atoms with van der Waals surface area (Å²) in [5.74, 6) is 0.268. The number of amides is 1. The molecule has 1 amide bonds. The molecule has 1 aliphatic rings. The Hall–Kier alpha value is -2.48. The highest BCUT2D eigenvalue weighted by Gasteiger charge is 2.34. The maximum absolute atomic E-state index is 12.9. The van der Waals surface area contributed by atoms with Crippen LogP contribution in [0, 0.1) is 6.92 Å². The topological polar surface area (TPSA) is 92.3 Å². The SMILES string of the molecule is CCN(C(=O)c1ccnc(NCc2ccccc2C)n1)C1CCS(=O)(=O)C1. The van der Waals surface area contributed by atoms with E-state index in [1.165, 1.54) is 0 Å². The summed E-state index contributed by atoms with van der Waals surface area (Å²) in [6.45, 7) is 4.88. The summed E-state index contributed by atoms with van der Waals surface area (Å²) in [6, 6.07) is 9.29. The monoisotopic (exact) mass is 388 g/mol. The first-order valence-electron chi connectivity index (χ1n) is 9.02. The van der Waals surface area contributed by atoms with Gasteiger partial charge in [-0.15, -0.1) is 0 Å². The van der Waals surface area contributed by atoms with Crippen molar-refractivity contribution in [2.45, 2.75) is 32.9 Å². The maximum Gasteiger partial charge on any atom is 0.272 e. The fraction of sp³-hybridized carbons (Fsp3) is 0.421. The van der Waals surface area contributed by atoms with E-state index in [0.29, 0.717) is 25.5 Å². The predicted molar refractivity (Wildman–Crippen MR) is 104 cm³/mol. The van der Waals surface area contributed by atoms with Crippen molar-refractivity contribution in [3.63, 3.8) is 0 Å². The van der Waals surface area contributed by atoms with Gasteiger partial charge in [0.2, 0.25) is 5.95 Å². The average Bonchev–Trinajstić information content (AvgIpc) is 3.01. The Labute approximate surface area is 159 Å². The molecule has 1 aliphatic heterocycles. The van der Waals surface area contributed by atoms with E-state index < -0.39 is 9.84 Å². The number of aryl methyl sites for hydroxylation is 1. The summed E-state index contributed by atoms with van der Waals surface area (Å²) in [7, 11) is -3.06. The van der Waals surface area contributed by atoms with Gasteiger partial charge in [-0.2, -0.15) is 0 Å². The molecule has 2 aromatic rings. The van der Waals surface area contributed by atoms with Gasteiger partial charge in [-0.1, -0.05) is 24.3 Å². The molecule has 0 radical (unpaired) electrons. The van der Waals surface area contributed by atoms with E-state index >= 15 is 0 Å². The van der Waals surface area contributed by atoms with Crippen LogP contribution in [0.2, 0.25) is 0 Å². The van der Waals surface area contributed by atoms with Crippen LogP contribution in [0.15, 0.2) is 36.5 Å². The van der Waals surface area contributed by atoms with Crippen LogP contribution in [0.1, 0.15) is 35.0 Å². The highest BCUT2D eigenvalue weighted by molar-refractivity contribution is 7.91. The van der Waals surface area contributed by atoms with Crippen molar-refractivity contribution in [3.05, 3.63) is 53.3 Å². The molecule has 8 heteroatoms. The minimum atomic E-state index is -3.06. The normalized spacial score (nSPS) is 18.2. The lowest BCUT2D eigenvalue weighted by atomic mass is 10.1. The second kappa shape index (κ2) is 8.04. The van der Waals surface area contributed by atoms with Crippen LogP contribution in [-0.4, -0.2) is 53.3 Å². The molecule has 1 fully saturated rings. The lowest BCUT2D eigenvalue weighted by molar-refractivity contribution is 0.0702. The maximum atomic E-state index is 12.9. The van der Waals surface area contributed by atoms with Gasteiger partial charge in [-0.05, 0) is 37.5 Å². The van der Waals surface area contributed by atoms with Crippen LogP contribution in [0.25, 0.3) is 0 Å². The van der Waals surface area contributed by atoms with Crippen molar-refractivity contribution in [1.82, 2.24) is 14.9 Å². The molecule has 1 N–H and O–H groups in total. The number of benzene rings is 1. The Balaban J connectivity index is 1.72. The number of hydrogen-bond acceptors (Lipinski definition) is 6. The number of carbonyl (C=O) groups excluding carboxylic acids is 1. The third kappa shape index (κ3) is 4.63. The van der Waals surface area contributed by atoms with Crippen molar-refractivity contribution in [2.75, 3.05) is 23.4 Å². The summed E-state index contributed by atoms with van der Waals surface area (Å²) < 4.78 is 23.5. The Morgan fingerprint density at radius 3 is 2.74 bits per heavy atom. The first-order chi connectivity index (χ1) is 12.9. The van der Waals surface area contributed by atoms with Gasteiger partial charge in [0.15, 0.2) is 9.84 Å². The lowest BCUT2D eigenvalue weighted by Gasteiger charge is -2.26. The van der Waals surface area contributed by atoms with E-state index in [4.69, 9.17) is 0 Å². The van der Waals surface area contributed by atoms with Gasteiger partial charge in [0.25, 0.3) is 5.91 Å². The lowest BCUT2D eigenvalue weighted by Crippen LogP contribution is -2.41. The standard InChI is InChI=1S/C19H24N4O3S/c1-3-23(16-9-11-27(25,26)13-16)18(24)17-8-10-20-19(22-17)21-12-15-7-5-4-6-14(15)2/h4-8,10,16H,3,9,11-13H2,1-2H3,(H,20,21,22). The first-order valence-corrected chi connectivity index (χ1v) is 10.8. The number of hydrogen-bond donors (Lipinski definition) is 1. The van der Waals surface area contributed by atoms with Crippen molar-refractivity contribution in [3.8, 4) is 0 Å². The van der Waals surface area contributed by atoms with Crippen LogP contribution >= 0.6 is 0 Å². The fourth-order valence-electron chi connectivity index (χ4n) is 3.28. The highest BCUT2D eigenvalue weighted by atomic mass is 32.2. The minimum Gasteiger partial charge on any atom is -0.350 e. The molecule has 1 atom stereocenters. The molecule has 2 heterocycles. The third-order valence-electron chi connectivity index (χ3n) is 4.82. The molecule has 1 aromatic carbocycles. The molecule has 0 saturated carbocycles. The Bertz CT molecular complexity index is 930. The zero-order chi connectivity index (χ0) is 19.4. The van der Waals surface area contributed by atoms with Gasteiger partial charge in [0.1, 0.15) is 5.69 Å². The zero-order valence-corrected chi connectivity index (χ0v) is 16.4. The van der Waals surface area contributed by atoms with E-state index in [9.17, 15) is 13.2 Å². The van der Waals surface area contributed by atoms with Crippen LogP contribution in [0.3, 0.4) is 0 Å². The average molecular weight is 388 g/mol. The Morgan fingerprint density at radius 2 is 2.07 bits per heavy atom. The first kappa shape index (κ1) is 19.3. The molecule has 0 bridgehead atoms. The number of nitrogens with one attached hydrogen (secondary N) is 1. The smallest absolute Gasteiger partial charge is 0.272 e. The molecule has 3 rings (SSSR count). The number of nitrogens with zero attached hydrogens (tertiary/aromatic N) is 3. The largest absolute Gasteiger partial charge is 0.350 e. The van der Waals surface area contributed by atoms with Crippen LogP contribution in [0.4, 0.5) is 5.95 Å². The molecule has 0 aliphatic carbocycles. The van der Waals surface area contributed by atoms with E-state index in [1.807, 2.05) is 38.1 Å². The second-order valence-electron chi connectivity index (χ2n) is 6.69. The van der Waals surface area contributed by atoms with E-state index in [-0.39, 0.29) is 29.1 Å². The molecular formula is C19H24N4O3S. The number of aromatic nitrogens is 2. The molecule has 1 aromatic heterocycles. The van der Waals surface area contributed by atoms with Gasteiger partial charge in [-0.3, -0.25) is 4.79 Å². The highest BCUT2D eigenvalue weighted by Crippen LogP contribution is 2.19. The van der Waals surface area contributed by atoms with E-state index in [1.54, 1.807) is 17.2 Å². The summed E-state index contributed by atoms with van der Waals surface area (Å²) >= 11 is 0. The Kier molecular flexibility index (Phi) is 5.74. The molecule has 1 saturated heterocycles. The summed E-state index contributed by atoms with van der Waals surface area (Å²) in [6.07, 6.45) is 2.02. The number of rotatable bonds is 6. The molecule has 27 heavy (non-hydrogen) atoms. The quantitative estimate of drug-likeness (QED) is 0.814. The molecular weight excluding hydrogens is 364 g/mol. The van der Waals surface area contributed by atoms with Crippen molar-refractivity contribution in [2.24, 2.45) is 0 Å². The number of carbonyl (C=O) groups is 1. The molecule has 1 unspecified atom stereocenters. The second-order valence-corrected chi connectivity index (χ2v) is 8.92. The zero-order valence-electron chi connectivity index (χ0n) is 15.6. The van der Waals surface area contributed by atoms with Gasteiger partial charge in [0, 0.05) is 25.3 Å². The van der Waals surface area contributed by atoms with Crippen LogP contribution in [-0.2, 0) is 16.4 Å². The van der Waals surface area contributed by atoms with Crippen molar-refractivity contribution >= 4 is 21.7 Å². The predicted octanol–water partition coefficient (Wildman–Crippen LogP) is 2.05. The molecule has 0 spiro atoms. The van der Waals surface area contributed by atoms with Gasteiger partial charge < -0.3 is 10.2 Å². The van der Waals surface area contributed by atoms with Gasteiger partial charge in [-0.25, -0.2) is 18.4 Å². The van der Waals surface area contributed by atoms with Crippen LogP contribution < -0.4 is 5.32 Å².